The lowest BCUT2D eigenvalue weighted by molar-refractivity contribution is -0.129. The molecule has 1 fully saturated rings. The minimum Gasteiger partial charge on any atom is -0.477 e. The van der Waals surface area contributed by atoms with Gasteiger partial charge >= 0.3 is 5.97 Å². The molecule has 8 heteroatoms. The number of imidazole rings is 1. The van der Waals surface area contributed by atoms with Crippen molar-refractivity contribution in [2.75, 3.05) is 19.6 Å². The lowest BCUT2D eigenvalue weighted by Crippen LogP contribution is -2.39. The molecule has 0 saturated carbocycles. The molecule has 0 atom stereocenters. The summed E-state index contributed by atoms with van der Waals surface area (Å²) in [6.07, 6.45) is 3.07. The van der Waals surface area contributed by atoms with Gasteiger partial charge in [0.2, 0.25) is 5.91 Å². The van der Waals surface area contributed by atoms with Crippen molar-refractivity contribution < 1.29 is 19.5 Å². The minimum absolute atomic E-state index is 0.148. The van der Waals surface area contributed by atoms with Gasteiger partial charge in [0.15, 0.2) is 11.4 Å². The summed E-state index contributed by atoms with van der Waals surface area (Å²) < 4.78 is 0. The molecule has 0 bridgehead atoms. The maximum absolute atomic E-state index is 11.7. The number of carbonyl (C=O) groups excluding carboxylic acids is 2. The Balaban J connectivity index is 1.92. The zero-order valence-corrected chi connectivity index (χ0v) is 10.2. The smallest absolute Gasteiger partial charge is 0.354 e. The van der Waals surface area contributed by atoms with Crippen LogP contribution in [0.1, 0.15) is 33.8 Å². The number of nitrogens with one attached hydrogen (secondary N) is 2. The molecule has 1 aromatic rings. The van der Waals surface area contributed by atoms with Crippen LogP contribution in [0.25, 0.3) is 0 Å². The van der Waals surface area contributed by atoms with Gasteiger partial charge < -0.3 is 20.3 Å². The quantitative estimate of drug-likeness (QED) is 0.677. The molecule has 19 heavy (non-hydrogen) atoms. The summed E-state index contributed by atoms with van der Waals surface area (Å²) in [4.78, 5) is 41.9. The molecule has 0 radical (unpaired) electrons. The first-order valence-corrected chi connectivity index (χ1v) is 5.92. The van der Waals surface area contributed by atoms with Crippen LogP contribution in [0.4, 0.5) is 0 Å². The van der Waals surface area contributed by atoms with Crippen LogP contribution in [-0.4, -0.2) is 57.4 Å². The third-order valence-corrected chi connectivity index (χ3v) is 2.93. The molecule has 1 aromatic heterocycles. The summed E-state index contributed by atoms with van der Waals surface area (Å²) in [5.74, 6) is -2.11. The summed E-state index contributed by atoms with van der Waals surface area (Å²) in [7, 11) is 0. The van der Waals surface area contributed by atoms with Crippen LogP contribution in [0.3, 0.4) is 0 Å². The van der Waals surface area contributed by atoms with Gasteiger partial charge in [-0.1, -0.05) is 0 Å². The van der Waals surface area contributed by atoms with E-state index in [-0.39, 0.29) is 23.8 Å². The molecule has 3 N–H and O–H groups in total. The number of hydrogen-bond acceptors (Lipinski definition) is 4. The second-order valence-electron chi connectivity index (χ2n) is 4.20. The van der Waals surface area contributed by atoms with Crippen molar-refractivity contribution in [3.05, 3.63) is 17.7 Å². The summed E-state index contributed by atoms with van der Waals surface area (Å²) in [6, 6.07) is 0. The zero-order valence-electron chi connectivity index (χ0n) is 10.2. The highest BCUT2D eigenvalue weighted by atomic mass is 16.4. The Kier molecular flexibility index (Phi) is 3.79. The first-order chi connectivity index (χ1) is 9.09. The highest BCUT2D eigenvalue weighted by molar-refractivity contribution is 6.03. The maximum Gasteiger partial charge on any atom is 0.354 e. The number of hydrogen-bond donors (Lipinski definition) is 3. The summed E-state index contributed by atoms with van der Waals surface area (Å²) in [6.45, 7) is 1.26. The molecule has 1 aliphatic heterocycles. The van der Waals surface area contributed by atoms with E-state index in [4.69, 9.17) is 5.11 Å². The standard InChI is InChI=1S/C11H14N4O4/c16-7(15-3-1-2-4-15)5-12-10(17)8-9(11(18)19)14-6-13-8/h6H,1-5H2,(H,12,17)(H,13,14)(H,18,19). The molecule has 1 saturated heterocycles. The van der Waals surface area contributed by atoms with Gasteiger partial charge in [-0.3, -0.25) is 9.59 Å². The maximum atomic E-state index is 11.7. The molecule has 2 amide bonds. The molecule has 0 aromatic carbocycles. The average Bonchev–Trinajstić information content (AvgIpc) is 3.04. The number of aromatic amines is 1. The fourth-order valence-electron chi connectivity index (χ4n) is 1.95. The monoisotopic (exact) mass is 266 g/mol. The van der Waals surface area contributed by atoms with Crippen LogP contribution >= 0.6 is 0 Å². The predicted molar refractivity (Wildman–Crippen MR) is 63.7 cm³/mol. The summed E-state index contributed by atoms with van der Waals surface area (Å²) >= 11 is 0. The molecule has 102 valence electrons. The lowest BCUT2D eigenvalue weighted by Gasteiger charge is -2.15. The van der Waals surface area contributed by atoms with Crippen LogP contribution in [0, 0.1) is 0 Å². The van der Waals surface area contributed by atoms with E-state index in [1.807, 2.05) is 0 Å². The summed E-state index contributed by atoms with van der Waals surface area (Å²) in [5, 5.41) is 11.2. The van der Waals surface area contributed by atoms with E-state index in [9.17, 15) is 14.4 Å². The number of carboxylic acid groups (broad SMARTS) is 1. The molecule has 2 rings (SSSR count). The second-order valence-corrected chi connectivity index (χ2v) is 4.20. The molecular formula is C11H14N4O4. The SMILES string of the molecule is O=C(NCC(=O)N1CCCC1)c1nc[nH]c1C(=O)O. The zero-order chi connectivity index (χ0) is 13.8. The highest BCUT2D eigenvalue weighted by Gasteiger charge is 2.22. The Bertz CT molecular complexity index is 505. The number of rotatable bonds is 4. The van der Waals surface area contributed by atoms with Gasteiger partial charge in [-0.15, -0.1) is 0 Å². The van der Waals surface area contributed by atoms with Crippen molar-refractivity contribution in [1.29, 1.82) is 0 Å². The van der Waals surface area contributed by atoms with E-state index in [0.29, 0.717) is 13.1 Å². The van der Waals surface area contributed by atoms with E-state index >= 15 is 0 Å². The van der Waals surface area contributed by atoms with Crippen LogP contribution < -0.4 is 5.32 Å². The third-order valence-electron chi connectivity index (χ3n) is 2.93. The van der Waals surface area contributed by atoms with Gasteiger partial charge in [0.05, 0.1) is 12.9 Å². The lowest BCUT2D eigenvalue weighted by atomic mass is 10.3. The number of carbonyl (C=O) groups is 3. The number of amides is 2. The molecule has 1 aliphatic rings. The highest BCUT2D eigenvalue weighted by Crippen LogP contribution is 2.07. The van der Waals surface area contributed by atoms with Gasteiger partial charge in [0.25, 0.3) is 5.91 Å². The van der Waals surface area contributed by atoms with Crippen LogP contribution in [0.15, 0.2) is 6.33 Å². The van der Waals surface area contributed by atoms with Crippen molar-refractivity contribution in [3.63, 3.8) is 0 Å². The molecule has 0 unspecified atom stereocenters. The topological polar surface area (TPSA) is 115 Å². The molecule has 0 spiro atoms. The van der Waals surface area contributed by atoms with Crippen molar-refractivity contribution in [2.45, 2.75) is 12.8 Å². The Hall–Kier alpha value is -2.38. The van der Waals surface area contributed by atoms with Gasteiger partial charge in [0, 0.05) is 13.1 Å². The Labute approximate surface area is 108 Å². The number of nitrogens with zero attached hydrogens (tertiary/aromatic N) is 2. The summed E-state index contributed by atoms with van der Waals surface area (Å²) in [5.41, 5.74) is -0.507. The van der Waals surface area contributed by atoms with Crippen molar-refractivity contribution in [3.8, 4) is 0 Å². The van der Waals surface area contributed by atoms with Gasteiger partial charge in [-0.2, -0.15) is 0 Å². The van der Waals surface area contributed by atoms with E-state index in [1.165, 1.54) is 0 Å². The first kappa shape index (κ1) is 13.1. The first-order valence-electron chi connectivity index (χ1n) is 5.92. The van der Waals surface area contributed by atoms with Crippen LogP contribution in [-0.2, 0) is 4.79 Å². The van der Waals surface area contributed by atoms with E-state index in [1.54, 1.807) is 4.90 Å². The normalized spacial score (nSPS) is 14.4. The third kappa shape index (κ3) is 2.90. The van der Waals surface area contributed by atoms with Crippen molar-refractivity contribution in [1.82, 2.24) is 20.2 Å². The van der Waals surface area contributed by atoms with Gasteiger partial charge in [-0.05, 0) is 12.8 Å². The largest absolute Gasteiger partial charge is 0.477 e. The predicted octanol–water partition coefficient (Wildman–Crippen LogP) is -0.540. The Morgan fingerprint density at radius 2 is 2.05 bits per heavy atom. The van der Waals surface area contributed by atoms with Crippen LogP contribution in [0.5, 0.6) is 0 Å². The number of H-pyrrole nitrogens is 1. The van der Waals surface area contributed by atoms with E-state index in [0.717, 1.165) is 19.2 Å². The number of carboxylic acids is 1. The fourth-order valence-corrected chi connectivity index (χ4v) is 1.95. The molecule has 0 aliphatic carbocycles. The Morgan fingerprint density at radius 3 is 2.68 bits per heavy atom. The van der Waals surface area contributed by atoms with Gasteiger partial charge in [-0.25, -0.2) is 9.78 Å². The van der Waals surface area contributed by atoms with Crippen LogP contribution in [0.2, 0.25) is 0 Å². The molecule has 8 nitrogen and oxygen atoms in total. The Morgan fingerprint density at radius 1 is 1.37 bits per heavy atom. The number of aromatic nitrogens is 2. The second kappa shape index (κ2) is 5.51. The van der Waals surface area contributed by atoms with Gasteiger partial charge in [0.1, 0.15) is 0 Å². The minimum atomic E-state index is -1.27. The number of aromatic carboxylic acids is 1. The number of likely N-dealkylation sites (tertiary alicyclic amines) is 1. The van der Waals surface area contributed by atoms with Crippen molar-refractivity contribution in [2.24, 2.45) is 0 Å². The molecule has 2 heterocycles. The fraction of sp³-hybridized carbons (Fsp3) is 0.455. The van der Waals surface area contributed by atoms with E-state index in [2.05, 4.69) is 15.3 Å². The van der Waals surface area contributed by atoms with Crippen molar-refractivity contribution >= 4 is 17.8 Å². The van der Waals surface area contributed by atoms with E-state index < -0.39 is 11.9 Å². The average molecular weight is 266 g/mol. The molecular weight excluding hydrogens is 252 g/mol.